The summed E-state index contributed by atoms with van der Waals surface area (Å²) in [6.07, 6.45) is -0.163. The average Bonchev–Trinajstić information content (AvgIpc) is 3.21. The van der Waals surface area contributed by atoms with Gasteiger partial charge in [-0.2, -0.15) is 0 Å². The van der Waals surface area contributed by atoms with Crippen molar-refractivity contribution in [3.05, 3.63) is 69.8 Å². The van der Waals surface area contributed by atoms with E-state index in [1.54, 1.807) is 0 Å². The van der Waals surface area contributed by atoms with Gasteiger partial charge in [0.15, 0.2) is 8.32 Å². The van der Waals surface area contributed by atoms with Gasteiger partial charge < -0.3 is 13.9 Å². The van der Waals surface area contributed by atoms with Crippen LogP contribution in [0, 0.1) is 0 Å². The highest BCUT2D eigenvalue weighted by Crippen LogP contribution is 2.54. The van der Waals surface area contributed by atoms with Crippen LogP contribution < -0.4 is 0 Å². The van der Waals surface area contributed by atoms with Crippen LogP contribution in [0.25, 0.3) is 0 Å². The number of benzene rings is 2. The molecular formula is C23H28O4Si. The molecule has 2 aliphatic heterocycles. The van der Waals surface area contributed by atoms with Gasteiger partial charge in [-0.1, -0.05) is 45.0 Å². The summed E-state index contributed by atoms with van der Waals surface area (Å²) in [6.45, 7) is 12.0. The maximum Gasteiger partial charge on any atom is 0.337 e. The second-order valence-electron chi connectivity index (χ2n) is 9.24. The molecule has 4 nitrogen and oxygen atoms in total. The number of fused-ring (bicyclic) bond motifs is 8. The number of carbonyl (C=O) groups excluding carboxylic acids is 1. The largest absolute Gasteiger partial charge is 0.465 e. The van der Waals surface area contributed by atoms with Gasteiger partial charge in [-0.3, -0.25) is 0 Å². The van der Waals surface area contributed by atoms with E-state index < -0.39 is 8.32 Å². The summed E-state index contributed by atoms with van der Waals surface area (Å²) in [4.78, 5) is 11.9. The SMILES string of the molecule is COC(=O)c1ccc2c(c1)[C@H]1O[C@@H]2c2cc(CO[Si](C)(C)C(C)(C)C)ccc21. The topological polar surface area (TPSA) is 44.8 Å². The van der Waals surface area contributed by atoms with Crippen molar-refractivity contribution in [2.75, 3.05) is 7.11 Å². The molecule has 0 radical (unpaired) electrons. The average molecular weight is 397 g/mol. The van der Waals surface area contributed by atoms with Crippen LogP contribution in [0.2, 0.25) is 18.1 Å². The lowest BCUT2D eigenvalue weighted by molar-refractivity contribution is 0.0600. The molecule has 0 saturated heterocycles. The molecule has 0 spiro atoms. The van der Waals surface area contributed by atoms with Crippen molar-refractivity contribution in [1.29, 1.82) is 0 Å². The van der Waals surface area contributed by atoms with Crippen LogP contribution in [-0.2, 0) is 20.5 Å². The van der Waals surface area contributed by atoms with Crippen LogP contribution >= 0.6 is 0 Å². The molecule has 28 heavy (non-hydrogen) atoms. The molecule has 0 unspecified atom stereocenters. The molecule has 0 aromatic heterocycles. The van der Waals surface area contributed by atoms with E-state index in [1.807, 2.05) is 18.2 Å². The predicted octanol–water partition coefficient (Wildman–Crippen LogP) is 5.52. The molecule has 5 heteroatoms. The maximum absolute atomic E-state index is 11.9. The van der Waals surface area contributed by atoms with Gasteiger partial charge in [0, 0.05) is 0 Å². The molecule has 2 heterocycles. The van der Waals surface area contributed by atoms with E-state index >= 15 is 0 Å². The van der Waals surface area contributed by atoms with E-state index in [0.717, 1.165) is 11.1 Å². The molecular weight excluding hydrogens is 368 g/mol. The van der Waals surface area contributed by atoms with E-state index in [-0.39, 0.29) is 23.2 Å². The zero-order valence-corrected chi connectivity index (χ0v) is 18.5. The maximum atomic E-state index is 11.9. The third kappa shape index (κ3) is 3.02. The fourth-order valence-electron chi connectivity index (χ4n) is 3.71. The first-order valence-electron chi connectivity index (χ1n) is 9.77. The minimum atomic E-state index is -1.78. The fourth-order valence-corrected chi connectivity index (χ4v) is 4.67. The summed E-state index contributed by atoms with van der Waals surface area (Å²) in [5, 5.41) is 0.197. The van der Waals surface area contributed by atoms with Crippen LogP contribution in [0.15, 0.2) is 36.4 Å². The third-order valence-corrected chi connectivity index (χ3v) is 10.9. The molecule has 2 aromatic rings. The lowest BCUT2D eigenvalue weighted by Crippen LogP contribution is -2.40. The molecule has 0 aliphatic carbocycles. The lowest BCUT2D eigenvalue weighted by Gasteiger charge is -2.36. The number of hydrogen-bond acceptors (Lipinski definition) is 4. The minimum Gasteiger partial charge on any atom is -0.465 e. The van der Waals surface area contributed by atoms with Crippen LogP contribution in [0.4, 0.5) is 0 Å². The molecule has 4 rings (SSSR count). The minimum absolute atomic E-state index is 0.0606. The van der Waals surface area contributed by atoms with Crippen molar-refractivity contribution in [1.82, 2.24) is 0 Å². The van der Waals surface area contributed by atoms with E-state index in [9.17, 15) is 4.79 Å². The van der Waals surface area contributed by atoms with Gasteiger partial charge in [-0.15, -0.1) is 0 Å². The highest BCUT2D eigenvalue weighted by molar-refractivity contribution is 6.74. The van der Waals surface area contributed by atoms with Gasteiger partial charge in [0.25, 0.3) is 0 Å². The number of hydrogen-bond donors (Lipinski definition) is 0. The second kappa shape index (κ2) is 6.54. The summed E-state index contributed by atoms with van der Waals surface area (Å²) < 4.78 is 17.5. The Morgan fingerprint density at radius 1 is 1.00 bits per heavy atom. The third-order valence-electron chi connectivity index (χ3n) is 6.47. The van der Waals surface area contributed by atoms with Crippen LogP contribution in [-0.4, -0.2) is 21.4 Å². The van der Waals surface area contributed by atoms with Gasteiger partial charge in [-0.05, 0) is 58.1 Å². The van der Waals surface area contributed by atoms with Crippen molar-refractivity contribution in [2.45, 2.75) is 57.7 Å². The number of methoxy groups -OCH3 is 1. The first-order valence-corrected chi connectivity index (χ1v) is 12.7. The van der Waals surface area contributed by atoms with E-state index in [1.165, 1.54) is 23.8 Å². The van der Waals surface area contributed by atoms with Gasteiger partial charge in [0.2, 0.25) is 0 Å². The van der Waals surface area contributed by atoms with Crippen molar-refractivity contribution in [3.63, 3.8) is 0 Å². The second-order valence-corrected chi connectivity index (χ2v) is 14.1. The highest BCUT2D eigenvalue weighted by atomic mass is 28.4. The Morgan fingerprint density at radius 2 is 1.61 bits per heavy atom. The van der Waals surface area contributed by atoms with Crippen molar-refractivity contribution >= 4 is 14.3 Å². The number of carbonyl (C=O) groups is 1. The lowest BCUT2D eigenvalue weighted by atomic mass is 9.84. The number of rotatable bonds is 4. The Balaban J connectivity index is 1.58. The Labute approximate surface area is 167 Å². The van der Waals surface area contributed by atoms with Gasteiger partial charge in [0.1, 0.15) is 12.2 Å². The molecule has 2 atom stereocenters. The predicted molar refractivity (Wildman–Crippen MR) is 111 cm³/mol. The number of esters is 1. The standard InChI is InChI=1S/C23H28O4Si/c1-23(2,3)28(5,6)26-13-14-7-9-16-18(11-14)20-17-10-8-15(22(24)25-4)12-19(17)21(16)27-20/h7-12,20-21H,13H2,1-6H3/t20-,21-/m0/s1. The quantitative estimate of drug-likeness (QED) is 0.504. The first kappa shape index (κ1) is 19.4. The molecule has 0 amide bonds. The molecule has 0 N–H and O–H groups in total. The summed E-state index contributed by atoms with van der Waals surface area (Å²) in [5.74, 6) is -0.316. The Morgan fingerprint density at radius 3 is 2.21 bits per heavy atom. The molecule has 2 aliphatic rings. The smallest absolute Gasteiger partial charge is 0.337 e. The molecule has 2 bridgehead atoms. The normalized spacial score (nSPS) is 20.1. The van der Waals surface area contributed by atoms with E-state index in [2.05, 4.69) is 52.1 Å². The molecule has 2 aromatic carbocycles. The van der Waals surface area contributed by atoms with Crippen LogP contribution in [0.3, 0.4) is 0 Å². The zero-order chi connectivity index (χ0) is 20.3. The molecule has 148 valence electrons. The van der Waals surface area contributed by atoms with Crippen molar-refractivity contribution in [2.24, 2.45) is 0 Å². The van der Waals surface area contributed by atoms with Crippen molar-refractivity contribution in [3.8, 4) is 0 Å². The van der Waals surface area contributed by atoms with Gasteiger partial charge >= 0.3 is 5.97 Å². The summed E-state index contributed by atoms with van der Waals surface area (Å²) in [5.41, 5.74) is 6.39. The van der Waals surface area contributed by atoms with E-state index in [0.29, 0.717) is 12.2 Å². The zero-order valence-electron chi connectivity index (χ0n) is 17.5. The Kier molecular flexibility index (Phi) is 4.53. The van der Waals surface area contributed by atoms with Gasteiger partial charge in [0.05, 0.1) is 19.3 Å². The van der Waals surface area contributed by atoms with Crippen LogP contribution in [0.5, 0.6) is 0 Å². The Bertz CT molecular complexity index is 942. The highest BCUT2D eigenvalue weighted by Gasteiger charge is 2.43. The van der Waals surface area contributed by atoms with Crippen molar-refractivity contribution < 1.29 is 18.7 Å². The summed E-state index contributed by atoms with van der Waals surface area (Å²) in [7, 11) is -0.380. The number of ether oxygens (including phenoxy) is 2. The molecule has 0 saturated carbocycles. The van der Waals surface area contributed by atoms with Crippen LogP contribution in [0.1, 0.15) is 71.2 Å². The van der Waals surface area contributed by atoms with E-state index in [4.69, 9.17) is 13.9 Å². The van der Waals surface area contributed by atoms with Gasteiger partial charge in [-0.25, -0.2) is 4.79 Å². The summed E-state index contributed by atoms with van der Waals surface area (Å²) in [6, 6.07) is 12.2. The fraction of sp³-hybridized carbons (Fsp3) is 0.435. The Hall–Kier alpha value is -1.95. The summed E-state index contributed by atoms with van der Waals surface area (Å²) >= 11 is 0. The first-order chi connectivity index (χ1) is 13.1. The molecule has 0 fully saturated rings. The monoisotopic (exact) mass is 396 g/mol.